The van der Waals surface area contributed by atoms with Gasteiger partial charge in [-0.2, -0.15) is 8.78 Å². The highest BCUT2D eigenvalue weighted by Crippen LogP contribution is 2.31. The molecule has 1 N–H and O–H groups in total. The Morgan fingerprint density at radius 2 is 2.00 bits per heavy atom. The Bertz CT molecular complexity index is 537. The van der Waals surface area contributed by atoms with E-state index < -0.39 is 5.76 Å². The molecule has 120 valence electrons. The van der Waals surface area contributed by atoms with Crippen molar-refractivity contribution in [3.8, 4) is 0 Å². The average molecular weight is 362 g/mol. The smallest absolute Gasteiger partial charge is 0.288 e. The van der Waals surface area contributed by atoms with E-state index in [-0.39, 0.29) is 11.7 Å². The number of nitrogens with zero attached hydrogens (tertiary/aromatic N) is 1. The number of thiocarbonyl (C=S) groups is 1. The van der Waals surface area contributed by atoms with Crippen molar-refractivity contribution in [2.24, 2.45) is 0 Å². The van der Waals surface area contributed by atoms with Gasteiger partial charge in [-0.15, -0.1) is 0 Å². The number of carbonyl (C=O) groups excluding carboxylic acids is 1. The predicted octanol–water partition coefficient (Wildman–Crippen LogP) is 4.05. The van der Waals surface area contributed by atoms with Gasteiger partial charge in [0.1, 0.15) is 4.32 Å². The number of likely N-dealkylation sites (tertiary alicyclic amines) is 1. The number of halogens is 2. The first-order valence-electron chi connectivity index (χ1n) is 6.81. The first-order chi connectivity index (χ1) is 10.6. The zero-order valence-corrected chi connectivity index (χ0v) is 14.2. The Hall–Kier alpha value is -0.860. The van der Waals surface area contributed by atoms with Crippen molar-refractivity contribution in [2.45, 2.75) is 23.5 Å². The van der Waals surface area contributed by atoms with Gasteiger partial charge >= 0.3 is 0 Å². The number of nitrogens with one attached hydrogen (secondary N) is 1. The maximum Gasteiger partial charge on any atom is 0.288 e. The van der Waals surface area contributed by atoms with E-state index in [9.17, 15) is 13.6 Å². The third-order valence-electron chi connectivity index (χ3n) is 3.07. The van der Waals surface area contributed by atoms with Crippen LogP contribution in [0, 0.1) is 0 Å². The molecule has 1 aliphatic rings. The topological polar surface area (TPSA) is 32.3 Å². The Kier molecular flexibility index (Phi) is 6.91. The number of para-hydroxylation sites is 1. The number of hydrogen-bond donors (Lipinski definition) is 1. The molecule has 1 amide bonds. The quantitative estimate of drug-likeness (QED) is 0.631. The van der Waals surface area contributed by atoms with E-state index >= 15 is 0 Å². The molecule has 3 nitrogen and oxygen atoms in total. The molecule has 0 bridgehead atoms. The Morgan fingerprint density at radius 3 is 2.68 bits per heavy atom. The van der Waals surface area contributed by atoms with Crippen LogP contribution in [0.15, 0.2) is 29.2 Å². The molecule has 0 atom stereocenters. The maximum absolute atomic E-state index is 12.5. The Balaban J connectivity index is 1.85. The average Bonchev–Trinajstić information content (AvgIpc) is 3.00. The largest absolute Gasteiger partial charge is 0.358 e. The van der Waals surface area contributed by atoms with Crippen LogP contribution in [-0.4, -0.2) is 39.7 Å². The van der Waals surface area contributed by atoms with E-state index in [0.717, 1.165) is 30.3 Å². The van der Waals surface area contributed by atoms with Gasteiger partial charge in [-0.1, -0.05) is 47.9 Å². The first kappa shape index (κ1) is 17.5. The second-order valence-electron chi connectivity index (χ2n) is 4.67. The van der Waals surface area contributed by atoms with E-state index in [4.69, 9.17) is 12.2 Å². The highest BCUT2D eigenvalue weighted by molar-refractivity contribution is 8.23. The highest BCUT2D eigenvalue weighted by atomic mass is 32.2. The normalized spacial score (nSPS) is 14.4. The lowest BCUT2D eigenvalue weighted by Crippen LogP contribution is -2.25. The third-order valence-corrected chi connectivity index (χ3v) is 5.38. The number of amides is 1. The predicted molar refractivity (Wildman–Crippen MR) is 92.8 cm³/mol. The van der Waals surface area contributed by atoms with Crippen LogP contribution in [0.5, 0.6) is 0 Å². The number of hydrogen-bond acceptors (Lipinski definition) is 4. The van der Waals surface area contributed by atoms with Crippen LogP contribution >= 0.6 is 35.7 Å². The zero-order chi connectivity index (χ0) is 15.9. The summed E-state index contributed by atoms with van der Waals surface area (Å²) >= 11 is 7.02. The van der Waals surface area contributed by atoms with Crippen LogP contribution in [0.1, 0.15) is 12.8 Å². The van der Waals surface area contributed by atoms with Crippen molar-refractivity contribution in [1.82, 2.24) is 4.90 Å². The summed E-state index contributed by atoms with van der Waals surface area (Å²) in [6, 6.07) is 6.55. The molecule has 0 unspecified atom stereocenters. The molecule has 0 saturated carbocycles. The molecule has 8 heteroatoms. The van der Waals surface area contributed by atoms with Crippen LogP contribution < -0.4 is 5.32 Å². The number of thioether (sulfide) groups is 2. The lowest BCUT2D eigenvalue weighted by molar-refractivity contribution is -0.113. The van der Waals surface area contributed by atoms with Crippen molar-refractivity contribution < 1.29 is 13.6 Å². The van der Waals surface area contributed by atoms with Crippen LogP contribution in [0.4, 0.5) is 14.5 Å². The van der Waals surface area contributed by atoms with Gasteiger partial charge in [0, 0.05) is 18.0 Å². The van der Waals surface area contributed by atoms with Gasteiger partial charge < -0.3 is 10.2 Å². The van der Waals surface area contributed by atoms with Gasteiger partial charge in [0.25, 0.3) is 5.76 Å². The summed E-state index contributed by atoms with van der Waals surface area (Å²) in [7, 11) is 0. The van der Waals surface area contributed by atoms with Crippen LogP contribution in [0.2, 0.25) is 0 Å². The summed E-state index contributed by atoms with van der Waals surface area (Å²) in [6.07, 6.45) is 2.26. The molecule has 22 heavy (non-hydrogen) atoms. The molecule has 1 aromatic carbocycles. The van der Waals surface area contributed by atoms with E-state index in [1.165, 1.54) is 11.8 Å². The summed E-state index contributed by atoms with van der Waals surface area (Å²) in [5, 5.41) is 2.67. The van der Waals surface area contributed by atoms with Gasteiger partial charge in [-0.25, -0.2) is 0 Å². The van der Waals surface area contributed by atoms with Crippen molar-refractivity contribution in [3.63, 3.8) is 0 Å². The number of carbonyl (C=O) groups is 1. The second kappa shape index (κ2) is 8.69. The molecule has 1 aromatic rings. The summed E-state index contributed by atoms with van der Waals surface area (Å²) < 4.78 is 25.7. The van der Waals surface area contributed by atoms with Gasteiger partial charge in [0.05, 0.1) is 11.4 Å². The Morgan fingerprint density at radius 1 is 1.32 bits per heavy atom. The van der Waals surface area contributed by atoms with Crippen molar-refractivity contribution >= 4 is 51.7 Å². The third kappa shape index (κ3) is 5.40. The SMILES string of the molecule is O=C(CSC(=S)N1CCCC1)Nc1ccccc1SC(F)F. The van der Waals surface area contributed by atoms with Crippen molar-refractivity contribution in [2.75, 3.05) is 24.2 Å². The molecular formula is C14H16F2N2OS3. The van der Waals surface area contributed by atoms with Gasteiger partial charge in [-0.3, -0.25) is 4.79 Å². The molecule has 1 heterocycles. The van der Waals surface area contributed by atoms with E-state index in [0.29, 0.717) is 22.3 Å². The number of alkyl halides is 2. The number of anilines is 1. The van der Waals surface area contributed by atoms with Crippen LogP contribution in [0.25, 0.3) is 0 Å². The molecule has 0 radical (unpaired) electrons. The number of benzene rings is 1. The van der Waals surface area contributed by atoms with Gasteiger partial charge in [0.15, 0.2) is 0 Å². The minimum Gasteiger partial charge on any atom is -0.358 e. The molecule has 1 fully saturated rings. The molecule has 0 aliphatic carbocycles. The summed E-state index contributed by atoms with van der Waals surface area (Å²) in [6.45, 7) is 1.89. The molecule has 1 saturated heterocycles. The number of rotatable bonds is 5. The molecule has 0 aromatic heterocycles. The minimum atomic E-state index is -2.52. The fourth-order valence-electron chi connectivity index (χ4n) is 2.07. The van der Waals surface area contributed by atoms with E-state index in [2.05, 4.69) is 10.2 Å². The monoisotopic (exact) mass is 362 g/mol. The van der Waals surface area contributed by atoms with E-state index in [1.54, 1.807) is 24.3 Å². The molecular weight excluding hydrogens is 346 g/mol. The lowest BCUT2D eigenvalue weighted by Gasteiger charge is -2.17. The fraction of sp³-hybridized carbons (Fsp3) is 0.429. The fourth-order valence-corrected chi connectivity index (χ4v) is 3.72. The Labute approximate surface area is 142 Å². The highest BCUT2D eigenvalue weighted by Gasteiger charge is 2.17. The van der Waals surface area contributed by atoms with Crippen molar-refractivity contribution in [1.29, 1.82) is 0 Å². The van der Waals surface area contributed by atoms with E-state index in [1.807, 2.05) is 0 Å². The minimum absolute atomic E-state index is 0.184. The summed E-state index contributed by atoms with van der Waals surface area (Å²) in [5.74, 6) is -2.58. The van der Waals surface area contributed by atoms with Crippen LogP contribution in [0.3, 0.4) is 0 Å². The molecule has 2 rings (SSSR count). The van der Waals surface area contributed by atoms with Gasteiger partial charge in [-0.05, 0) is 25.0 Å². The maximum atomic E-state index is 12.5. The lowest BCUT2D eigenvalue weighted by atomic mass is 10.3. The standard InChI is InChI=1S/C14H16F2N2OS3/c15-13(16)22-11-6-2-1-5-10(11)17-12(19)9-21-14(20)18-7-3-4-8-18/h1-2,5-6,13H,3-4,7-9H2,(H,17,19). The zero-order valence-electron chi connectivity index (χ0n) is 11.8. The van der Waals surface area contributed by atoms with Crippen LogP contribution in [-0.2, 0) is 4.79 Å². The first-order valence-corrected chi connectivity index (χ1v) is 9.09. The summed E-state index contributed by atoms with van der Waals surface area (Å²) in [4.78, 5) is 14.4. The molecule has 1 aliphatic heterocycles. The van der Waals surface area contributed by atoms with Crippen molar-refractivity contribution in [3.05, 3.63) is 24.3 Å². The summed E-state index contributed by atoms with van der Waals surface area (Å²) in [5.41, 5.74) is 0.408. The second-order valence-corrected chi connectivity index (χ2v) is 7.31. The van der Waals surface area contributed by atoms with Gasteiger partial charge in [0.2, 0.25) is 5.91 Å². The molecule has 0 spiro atoms.